The summed E-state index contributed by atoms with van der Waals surface area (Å²) in [6, 6.07) is 10.6. The van der Waals surface area contributed by atoms with Crippen LogP contribution < -0.4 is 0 Å². The van der Waals surface area contributed by atoms with Crippen molar-refractivity contribution < 1.29 is 4.74 Å². The predicted molar refractivity (Wildman–Crippen MR) is 55.7 cm³/mol. The van der Waals surface area contributed by atoms with Crippen LogP contribution in [-0.4, -0.2) is 0 Å². The number of fused-ring (bicyclic) bond motifs is 1. The van der Waals surface area contributed by atoms with Gasteiger partial charge in [-0.1, -0.05) is 30.3 Å². The summed E-state index contributed by atoms with van der Waals surface area (Å²) >= 11 is 0. The van der Waals surface area contributed by atoms with E-state index in [1.165, 1.54) is 30.6 Å². The van der Waals surface area contributed by atoms with E-state index in [0.29, 0.717) is 12.0 Å². The van der Waals surface area contributed by atoms with Gasteiger partial charge < -0.3 is 4.74 Å². The number of ether oxygens (including phenoxy) is 1. The number of rotatable bonds is 1. The van der Waals surface area contributed by atoms with Crippen LogP contribution in [0.1, 0.15) is 30.9 Å². The Morgan fingerprint density at radius 3 is 2.79 bits per heavy atom. The van der Waals surface area contributed by atoms with Crippen LogP contribution in [-0.2, 0) is 4.74 Å². The molecule has 0 saturated carbocycles. The van der Waals surface area contributed by atoms with Crippen molar-refractivity contribution in [1.82, 2.24) is 0 Å². The first kappa shape index (κ1) is 8.10. The fourth-order valence-corrected chi connectivity index (χ4v) is 2.41. The molecule has 0 N–H and O–H groups in total. The Balaban J connectivity index is 1.84. The Hall–Kier alpha value is -1.24. The third-order valence-corrected chi connectivity index (χ3v) is 3.19. The zero-order valence-corrected chi connectivity index (χ0v) is 8.15. The summed E-state index contributed by atoms with van der Waals surface area (Å²) in [5.41, 5.74) is 1.33. The van der Waals surface area contributed by atoms with Crippen LogP contribution in [0.5, 0.6) is 0 Å². The van der Waals surface area contributed by atoms with Gasteiger partial charge in [0.05, 0.1) is 5.92 Å². The van der Waals surface area contributed by atoms with Gasteiger partial charge in [0.1, 0.15) is 11.9 Å². The molecule has 72 valence electrons. The normalized spacial score (nSPS) is 29.6. The van der Waals surface area contributed by atoms with Crippen LogP contribution in [0.4, 0.5) is 0 Å². The summed E-state index contributed by atoms with van der Waals surface area (Å²) in [5, 5.41) is 0. The molecule has 0 radical (unpaired) electrons. The molecule has 1 fully saturated rings. The number of hydrogen-bond donors (Lipinski definition) is 0. The predicted octanol–water partition coefficient (Wildman–Crippen LogP) is 3.44. The highest BCUT2D eigenvalue weighted by molar-refractivity contribution is 5.26. The van der Waals surface area contributed by atoms with Crippen molar-refractivity contribution in [2.45, 2.75) is 25.4 Å². The Bertz CT molecular complexity index is 353. The molecule has 0 aromatic heterocycles. The van der Waals surface area contributed by atoms with Gasteiger partial charge in [0.25, 0.3) is 0 Å². The highest BCUT2D eigenvalue weighted by Crippen LogP contribution is 2.48. The van der Waals surface area contributed by atoms with Crippen LogP contribution in [0.3, 0.4) is 0 Å². The highest BCUT2D eigenvalue weighted by Gasteiger charge is 2.39. The molecule has 1 heteroatoms. The van der Waals surface area contributed by atoms with Crippen LogP contribution in [0, 0.1) is 5.92 Å². The monoisotopic (exact) mass is 186 g/mol. The maximum absolute atomic E-state index is 5.79. The largest absolute Gasteiger partial charge is 0.489 e. The van der Waals surface area contributed by atoms with E-state index in [9.17, 15) is 0 Å². The van der Waals surface area contributed by atoms with E-state index in [-0.39, 0.29) is 0 Å². The Kier molecular flexibility index (Phi) is 1.83. The minimum absolute atomic E-state index is 0.336. The number of allylic oxidation sites excluding steroid dienone is 1. The fraction of sp³-hybridized carbons (Fsp3) is 0.385. The smallest absolute Gasteiger partial charge is 0.133 e. The zero-order valence-electron chi connectivity index (χ0n) is 8.15. The second-order valence-electron chi connectivity index (χ2n) is 4.09. The molecule has 1 heterocycles. The van der Waals surface area contributed by atoms with Gasteiger partial charge in [-0.25, -0.2) is 0 Å². The molecule has 1 saturated heterocycles. The summed E-state index contributed by atoms with van der Waals surface area (Å²) in [6.45, 7) is 0. The van der Waals surface area contributed by atoms with Gasteiger partial charge in [-0.3, -0.25) is 0 Å². The van der Waals surface area contributed by atoms with Crippen molar-refractivity contribution >= 4 is 0 Å². The van der Waals surface area contributed by atoms with Gasteiger partial charge in [-0.2, -0.15) is 0 Å². The van der Waals surface area contributed by atoms with E-state index in [0.717, 1.165) is 0 Å². The minimum atomic E-state index is 0.336. The Morgan fingerprint density at radius 1 is 1.14 bits per heavy atom. The van der Waals surface area contributed by atoms with Gasteiger partial charge in [0.2, 0.25) is 0 Å². The van der Waals surface area contributed by atoms with Crippen LogP contribution in [0.2, 0.25) is 0 Å². The molecule has 0 bridgehead atoms. The molecule has 0 unspecified atom stereocenters. The standard InChI is InChI=1S/C13H14O/c1-2-6-10(7-3-1)13-11-8-4-5-9-12(11)14-13/h1-3,6-7,9,11,13H,4-5,8H2/t11-,13-/m0/s1. The highest BCUT2D eigenvalue weighted by atomic mass is 16.5. The molecular weight excluding hydrogens is 172 g/mol. The van der Waals surface area contributed by atoms with Crippen LogP contribution in [0.25, 0.3) is 0 Å². The molecule has 2 aliphatic rings. The topological polar surface area (TPSA) is 9.23 Å². The van der Waals surface area contributed by atoms with E-state index in [1.807, 2.05) is 0 Å². The van der Waals surface area contributed by atoms with Gasteiger partial charge in [0.15, 0.2) is 0 Å². The molecule has 0 spiro atoms. The molecule has 14 heavy (non-hydrogen) atoms. The van der Waals surface area contributed by atoms with Crippen molar-refractivity contribution in [2.24, 2.45) is 5.92 Å². The Morgan fingerprint density at radius 2 is 2.00 bits per heavy atom. The van der Waals surface area contributed by atoms with Crippen molar-refractivity contribution in [1.29, 1.82) is 0 Å². The lowest BCUT2D eigenvalue weighted by Gasteiger charge is -2.42. The van der Waals surface area contributed by atoms with Gasteiger partial charge in [-0.15, -0.1) is 0 Å². The summed E-state index contributed by atoms with van der Waals surface area (Å²) in [5.74, 6) is 1.91. The molecule has 1 nitrogen and oxygen atoms in total. The van der Waals surface area contributed by atoms with Crippen molar-refractivity contribution in [3.63, 3.8) is 0 Å². The molecule has 1 aromatic carbocycles. The summed E-state index contributed by atoms with van der Waals surface area (Å²) < 4.78 is 5.79. The van der Waals surface area contributed by atoms with E-state index in [1.54, 1.807) is 0 Å². The Labute approximate surface area is 84.4 Å². The third-order valence-electron chi connectivity index (χ3n) is 3.19. The molecule has 1 aliphatic carbocycles. The first-order valence-corrected chi connectivity index (χ1v) is 5.37. The number of benzene rings is 1. The third kappa shape index (κ3) is 1.16. The fourth-order valence-electron chi connectivity index (χ4n) is 2.41. The maximum Gasteiger partial charge on any atom is 0.133 e. The van der Waals surface area contributed by atoms with E-state index < -0.39 is 0 Å². The van der Waals surface area contributed by atoms with Crippen molar-refractivity contribution in [3.05, 3.63) is 47.7 Å². The quantitative estimate of drug-likeness (QED) is 0.652. The van der Waals surface area contributed by atoms with Crippen molar-refractivity contribution in [3.8, 4) is 0 Å². The first-order valence-electron chi connectivity index (χ1n) is 5.37. The lowest BCUT2D eigenvalue weighted by molar-refractivity contribution is -0.0558. The van der Waals surface area contributed by atoms with E-state index in [2.05, 4.69) is 36.4 Å². The van der Waals surface area contributed by atoms with Gasteiger partial charge in [0, 0.05) is 0 Å². The molecule has 1 aromatic rings. The van der Waals surface area contributed by atoms with Gasteiger partial charge in [-0.05, 0) is 30.9 Å². The SMILES string of the molecule is C1=C2O[C@@H](c3ccccc3)[C@H]2CCC1. The first-order chi connectivity index (χ1) is 6.95. The second-order valence-corrected chi connectivity index (χ2v) is 4.09. The molecule has 3 rings (SSSR count). The van der Waals surface area contributed by atoms with Gasteiger partial charge >= 0.3 is 0 Å². The zero-order chi connectivity index (χ0) is 9.38. The summed E-state index contributed by atoms with van der Waals surface area (Å²) in [4.78, 5) is 0. The molecule has 0 amide bonds. The van der Waals surface area contributed by atoms with Crippen molar-refractivity contribution in [2.75, 3.05) is 0 Å². The van der Waals surface area contributed by atoms with Crippen LogP contribution >= 0.6 is 0 Å². The average molecular weight is 186 g/mol. The second kappa shape index (κ2) is 3.16. The van der Waals surface area contributed by atoms with E-state index in [4.69, 9.17) is 4.74 Å². The summed E-state index contributed by atoms with van der Waals surface area (Å²) in [6.07, 6.45) is 6.41. The molecular formula is C13H14O. The van der Waals surface area contributed by atoms with E-state index >= 15 is 0 Å². The maximum atomic E-state index is 5.79. The number of hydrogen-bond acceptors (Lipinski definition) is 1. The summed E-state index contributed by atoms with van der Waals surface area (Å²) in [7, 11) is 0. The van der Waals surface area contributed by atoms with Crippen LogP contribution in [0.15, 0.2) is 42.2 Å². The lowest BCUT2D eigenvalue weighted by atomic mass is 9.81. The lowest BCUT2D eigenvalue weighted by Crippen LogP contribution is -2.31. The average Bonchev–Trinajstić information content (AvgIpc) is 2.22. The molecule has 2 atom stereocenters. The molecule has 1 aliphatic heterocycles. The minimum Gasteiger partial charge on any atom is -0.489 e.